The second kappa shape index (κ2) is 9.24. The van der Waals surface area contributed by atoms with E-state index in [4.69, 9.17) is 11.6 Å². The van der Waals surface area contributed by atoms with Gasteiger partial charge in [-0.2, -0.15) is 0 Å². The molecule has 0 aliphatic carbocycles. The summed E-state index contributed by atoms with van der Waals surface area (Å²) in [5.41, 5.74) is 3.61. The molecule has 0 spiro atoms. The molecule has 1 N–H and O–H groups in total. The first-order valence-corrected chi connectivity index (χ1v) is 9.21. The number of aromatic nitrogens is 2. The van der Waals surface area contributed by atoms with Crippen molar-refractivity contribution in [2.24, 2.45) is 4.99 Å². The molecule has 0 aliphatic heterocycles. The molecule has 0 saturated carbocycles. The highest BCUT2D eigenvalue weighted by Crippen LogP contribution is 2.12. The topological polar surface area (TPSA) is 45.5 Å². The van der Waals surface area contributed by atoms with Gasteiger partial charge in [-0.25, -0.2) is 4.98 Å². The molecule has 5 nitrogen and oxygen atoms in total. The Balaban J connectivity index is 1.59. The molecule has 27 heavy (non-hydrogen) atoms. The predicted octanol–water partition coefficient (Wildman–Crippen LogP) is 3.79. The monoisotopic (exact) mass is 381 g/mol. The summed E-state index contributed by atoms with van der Waals surface area (Å²) in [6, 6.07) is 16.4. The van der Waals surface area contributed by atoms with Crippen LogP contribution in [0.25, 0.3) is 0 Å². The van der Waals surface area contributed by atoms with Gasteiger partial charge in [0, 0.05) is 51.1 Å². The Bertz CT molecular complexity index is 889. The lowest BCUT2D eigenvalue weighted by Gasteiger charge is -2.22. The van der Waals surface area contributed by atoms with Gasteiger partial charge in [-0.1, -0.05) is 48.0 Å². The van der Waals surface area contributed by atoms with Crippen molar-refractivity contribution in [2.75, 3.05) is 14.1 Å². The summed E-state index contributed by atoms with van der Waals surface area (Å²) < 4.78 is 2.06. The van der Waals surface area contributed by atoms with Crippen LogP contribution in [0, 0.1) is 0 Å². The summed E-state index contributed by atoms with van der Waals surface area (Å²) in [7, 11) is 3.82. The molecule has 140 valence electrons. The molecule has 1 aromatic heterocycles. The fraction of sp³-hybridized carbons (Fsp3) is 0.238. The average Bonchev–Trinajstić information content (AvgIpc) is 3.15. The van der Waals surface area contributed by atoms with Crippen molar-refractivity contribution < 1.29 is 0 Å². The van der Waals surface area contributed by atoms with Crippen molar-refractivity contribution in [3.63, 3.8) is 0 Å². The van der Waals surface area contributed by atoms with Gasteiger partial charge in [-0.15, -0.1) is 0 Å². The first kappa shape index (κ1) is 19.0. The number of imidazole rings is 1. The number of aliphatic imine (C=N–C) groups is 1. The van der Waals surface area contributed by atoms with E-state index in [0.717, 1.165) is 29.6 Å². The van der Waals surface area contributed by atoms with Gasteiger partial charge < -0.3 is 14.8 Å². The number of nitrogens with zero attached hydrogens (tertiary/aromatic N) is 4. The number of hydrogen-bond acceptors (Lipinski definition) is 2. The molecule has 1 heterocycles. The van der Waals surface area contributed by atoms with Crippen molar-refractivity contribution in [1.82, 2.24) is 19.8 Å². The number of halogens is 1. The zero-order valence-electron chi connectivity index (χ0n) is 15.6. The summed E-state index contributed by atoms with van der Waals surface area (Å²) in [6.45, 7) is 2.27. The standard InChI is InChI=1S/C21H24ClN5/c1-23-21(26(2)14-19-7-4-8-20(22)12-19)25-13-17-5-3-6-18(11-17)15-27-10-9-24-16-27/h3-12,16H,13-15H2,1-2H3,(H,23,25). The molecular weight excluding hydrogens is 358 g/mol. The zero-order valence-corrected chi connectivity index (χ0v) is 16.4. The predicted molar refractivity (Wildman–Crippen MR) is 111 cm³/mol. The van der Waals surface area contributed by atoms with Crippen molar-refractivity contribution in [3.8, 4) is 0 Å². The minimum atomic E-state index is 0.713. The Kier molecular flexibility index (Phi) is 6.49. The fourth-order valence-corrected chi connectivity index (χ4v) is 3.19. The summed E-state index contributed by atoms with van der Waals surface area (Å²) in [5.74, 6) is 0.843. The fourth-order valence-electron chi connectivity index (χ4n) is 2.98. The summed E-state index contributed by atoms with van der Waals surface area (Å²) in [5, 5.41) is 4.18. The van der Waals surface area contributed by atoms with Crippen molar-refractivity contribution in [3.05, 3.63) is 89.0 Å². The van der Waals surface area contributed by atoms with Crippen LogP contribution in [0.2, 0.25) is 5.02 Å². The highest BCUT2D eigenvalue weighted by Gasteiger charge is 2.07. The van der Waals surface area contributed by atoms with E-state index < -0.39 is 0 Å². The molecule has 0 amide bonds. The lowest BCUT2D eigenvalue weighted by atomic mass is 10.1. The second-order valence-electron chi connectivity index (χ2n) is 6.44. The Hall–Kier alpha value is -2.79. The third-order valence-electron chi connectivity index (χ3n) is 4.25. The maximum Gasteiger partial charge on any atom is 0.193 e. The van der Waals surface area contributed by atoms with Gasteiger partial charge in [0.2, 0.25) is 0 Å². The average molecular weight is 382 g/mol. The molecule has 3 rings (SSSR count). The minimum Gasteiger partial charge on any atom is -0.352 e. The maximum absolute atomic E-state index is 6.08. The van der Waals surface area contributed by atoms with Crippen molar-refractivity contribution in [2.45, 2.75) is 19.6 Å². The lowest BCUT2D eigenvalue weighted by molar-refractivity contribution is 0.476. The molecule has 0 atom stereocenters. The van der Waals surface area contributed by atoms with E-state index in [1.54, 1.807) is 13.2 Å². The molecular formula is C21H24ClN5. The van der Waals surface area contributed by atoms with E-state index in [2.05, 4.69) is 55.1 Å². The minimum absolute atomic E-state index is 0.713. The van der Waals surface area contributed by atoms with E-state index >= 15 is 0 Å². The first-order valence-electron chi connectivity index (χ1n) is 8.84. The van der Waals surface area contributed by atoms with Gasteiger partial charge in [-0.05, 0) is 28.8 Å². The lowest BCUT2D eigenvalue weighted by Crippen LogP contribution is -2.38. The van der Waals surface area contributed by atoms with E-state index in [0.29, 0.717) is 6.54 Å². The van der Waals surface area contributed by atoms with Crippen molar-refractivity contribution >= 4 is 17.6 Å². The van der Waals surface area contributed by atoms with Crippen LogP contribution in [-0.4, -0.2) is 34.5 Å². The Morgan fingerprint density at radius 2 is 1.93 bits per heavy atom. The summed E-state index contributed by atoms with van der Waals surface area (Å²) in [4.78, 5) is 10.6. The third-order valence-corrected chi connectivity index (χ3v) is 4.48. The molecule has 0 saturated heterocycles. The number of nitrogens with one attached hydrogen (secondary N) is 1. The summed E-state index contributed by atoms with van der Waals surface area (Å²) in [6.07, 6.45) is 5.60. The summed E-state index contributed by atoms with van der Waals surface area (Å²) >= 11 is 6.08. The highest BCUT2D eigenvalue weighted by atomic mass is 35.5. The molecule has 0 bridgehead atoms. The van der Waals surface area contributed by atoms with Gasteiger partial charge in [0.05, 0.1) is 6.33 Å². The second-order valence-corrected chi connectivity index (χ2v) is 6.88. The smallest absolute Gasteiger partial charge is 0.193 e. The largest absolute Gasteiger partial charge is 0.352 e. The third kappa shape index (κ3) is 5.59. The van der Waals surface area contributed by atoms with Crippen LogP contribution in [0.15, 0.2) is 72.2 Å². The van der Waals surface area contributed by atoms with Gasteiger partial charge in [0.1, 0.15) is 0 Å². The van der Waals surface area contributed by atoms with Crippen LogP contribution < -0.4 is 5.32 Å². The van der Waals surface area contributed by atoms with E-state index in [1.807, 2.05) is 37.8 Å². The molecule has 0 fully saturated rings. The number of hydrogen-bond donors (Lipinski definition) is 1. The van der Waals surface area contributed by atoms with Crippen LogP contribution >= 0.6 is 11.6 Å². The van der Waals surface area contributed by atoms with Crippen LogP contribution in [0.3, 0.4) is 0 Å². The number of rotatable bonds is 6. The quantitative estimate of drug-likeness (QED) is 0.522. The van der Waals surface area contributed by atoms with Gasteiger partial charge >= 0.3 is 0 Å². The SMILES string of the molecule is CN=C(NCc1cccc(Cn2ccnc2)c1)N(C)Cc1cccc(Cl)c1. The van der Waals surface area contributed by atoms with Crippen LogP contribution in [0.1, 0.15) is 16.7 Å². The van der Waals surface area contributed by atoms with Crippen molar-refractivity contribution in [1.29, 1.82) is 0 Å². The molecule has 2 aromatic carbocycles. The first-order chi connectivity index (χ1) is 13.1. The maximum atomic E-state index is 6.08. The van der Waals surface area contributed by atoms with Gasteiger partial charge in [0.15, 0.2) is 5.96 Å². The Labute approximate surface area is 165 Å². The van der Waals surface area contributed by atoms with E-state index in [-0.39, 0.29) is 0 Å². The normalized spacial score (nSPS) is 11.4. The van der Waals surface area contributed by atoms with Gasteiger partial charge in [0.25, 0.3) is 0 Å². The highest BCUT2D eigenvalue weighted by molar-refractivity contribution is 6.30. The molecule has 0 aliphatic rings. The number of benzene rings is 2. The van der Waals surface area contributed by atoms with E-state index in [9.17, 15) is 0 Å². The Morgan fingerprint density at radius 3 is 2.67 bits per heavy atom. The van der Waals surface area contributed by atoms with Crippen LogP contribution in [-0.2, 0) is 19.6 Å². The van der Waals surface area contributed by atoms with Crippen LogP contribution in [0.5, 0.6) is 0 Å². The van der Waals surface area contributed by atoms with Crippen LogP contribution in [0.4, 0.5) is 0 Å². The molecule has 0 unspecified atom stereocenters. The van der Waals surface area contributed by atoms with Gasteiger partial charge in [-0.3, -0.25) is 4.99 Å². The number of guanidine groups is 1. The van der Waals surface area contributed by atoms with E-state index in [1.165, 1.54) is 11.1 Å². The molecule has 0 radical (unpaired) electrons. The zero-order chi connectivity index (χ0) is 19.1. The Morgan fingerprint density at radius 1 is 1.15 bits per heavy atom. The molecule has 3 aromatic rings. The molecule has 6 heteroatoms.